The summed E-state index contributed by atoms with van der Waals surface area (Å²) in [5, 5.41) is 3.50. The SMILES string of the molecule is CN(CC1CCOCC1)C[C@H]1CCCNC1. The predicted molar refractivity (Wildman–Crippen MR) is 66.6 cm³/mol. The Labute approximate surface area is 99.5 Å². The maximum atomic E-state index is 5.40. The maximum Gasteiger partial charge on any atom is 0.0469 e. The van der Waals surface area contributed by atoms with Crippen LogP contribution in [0.3, 0.4) is 0 Å². The zero-order chi connectivity index (χ0) is 11.2. The van der Waals surface area contributed by atoms with Gasteiger partial charge in [-0.25, -0.2) is 0 Å². The quantitative estimate of drug-likeness (QED) is 0.783. The highest BCUT2D eigenvalue weighted by molar-refractivity contribution is 4.74. The molecule has 2 aliphatic rings. The third-order valence-electron chi connectivity index (χ3n) is 3.88. The van der Waals surface area contributed by atoms with Crippen LogP contribution < -0.4 is 5.32 Å². The molecule has 3 heteroatoms. The highest BCUT2D eigenvalue weighted by Gasteiger charge is 2.19. The lowest BCUT2D eigenvalue weighted by molar-refractivity contribution is 0.0535. The van der Waals surface area contributed by atoms with E-state index < -0.39 is 0 Å². The van der Waals surface area contributed by atoms with Gasteiger partial charge in [0.05, 0.1) is 0 Å². The summed E-state index contributed by atoms with van der Waals surface area (Å²) in [6, 6.07) is 0. The Hall–Kier alpha value is -0.120. The smallest absolute Gasteiger partial charge is 0.0469 e. The Kier molecular flexibility index (Phi) is 5.07. The number of hydrogen-bond acceptors (Lipinski definition) is 3. The molecule has 2 aliphatic heterocycles. The number of ether oxygens (including phenoxy) is 1. The fourth-order valence-electron chi connectivity index (χ4n) is 2.96. The molecule has 2 heterocycles. The van der Waals surface area contributed by atoms with Crippen molar-refractivity contribution in [3.8, 4) is 0 Å². The van der Waals surface area contributed by atoms with Crippen molar-refractivity contribution >= 4 is 0 Å². The molecule has 0 radical (unpaired) electrons. The molecule has 0 unspecified atom stereocenters. The van der Waals surface area contributed by atoms with E-state index in [0.29, 0.717) is 0 Å². The van der Waals surface area contributed by atoms with Crippen LogP contribution >= 0.6 is 0 Å². The molecule has 0 aliphatic carbocycles. The Morgan fingerprint density at radius 1 is 1.12 bits per heavy atom. The zero-order valence-electron chi connectivity index (χ0n) is 10.6. The van der Waals surface area contributed by atoms with E-state index in [0.717, 1.165) is 25.0 Å². The lowest BCUT2D eigenvalue weighted by atomic mass is 9.97. The van der Waals surface area contributed by atoms with E-state index in [2.05, 4.69) is 17.3 Å². The first-order chi connectivity index (χ1) is 7.84. The normalized spacial score (nSPS) is 28.5. The number of nitrogens with zero attached hydrogens (tertiary/aromatic N) is 1. The van der Waals surface area contributed by atoms with Gasteiger partial charge in [0.2, 0.25) is 0 Å². The van der Waals surface area contributed by atoms with Crippen molar-refractivity contribution in [2.45, 2.75) is 25.7 Å². The standard InChI is InChI=1S/C13H26N2O/c1-15(10-12-4-7-16-8-5-12)11-13-3-2-6-14-9-13/h12-14H,2-11H2,1H3/t13-/m0/s1. The van der Waals surface area contributed by atoms with Crippen LogP contribution in [-0.2, 0) is 4.74 Å². The van der Waals surface area contributed by atoms with E-state index in [1.165, 1.54) is 51.9 Å². The topological polar surface area (TPSA) is 24.5 Å². The third kappa shape index (κ3) is 4.04. The molecule has 2 saturated heterocycles. The van der Waals surface area contributed by atoms with Gasteiger partial charge < -0.3 is 15.0 Å². The molecule has 16 heavy (non-hydrogen) atoms. The monoisotopic (exact) mass is 226 g/mol. The Balaban J connectivity index is 1.64. The van der Waals surface area contributed by atoms with E-state index in [9.17, 15) is 0 Å². The molecule has 0 bridgehead atoms. The van der Waals surface area contributed by atoms with Gasteiger partial charge in [-0.3, -0.25) is 0 Å². The molecule has 94 valence electrons. The van der Waals surface area contributed by atoms with Gasteiger partial charge in [-0.05, 0) is 57.7 Å². The van der Waals surface area contributed by atoms with Gasteiger partial charge in [0.1, 0.15) is 0 Å². The lowest BCUT2D eigenvalue weighted by Gasteiger charge is -2.31. The van der Waals surface area contributed by atoms with E-state index >= 15 is 0 Å². The summed E-state index contributed by atoms with van der Waals surface area (Å²) < 4.78 is 5.40. The minimum absolute atomic E-state index is 0.871. The molecule has 0 aromatic heterocycles. The summed E-state index contributed by atoms with van der Waals surface area (Å²) in [5.74, 6) is 1.74. The number of nitrogens with one attached hydrogen (secondary N) is 1. The van der Waals surface area contributed by atoms with E-state index in [4.69, 9.17) is 4.74 Å². The Bertz CT molecular complexity index is 166. The molecule has 0 amide bonds. The number of hydrogen-bond donors (Lipinski definition) is 1. The molecule has 0 aromatic carbocycles. The highest BCUT2D eigenvalue weighted by Crippen LogP contribution is 2.17. The molecular weight excluding hydrogens is 200 g/mol. The van der Waals surface area contributed by atoms with E-state index in [1.807, 2.05) is 0 Å². The van der Waals surface area contributed by atoms with Gasteiger partial charge in [-0.15, -0.1) is 0 Å². The lowest BCUT2D eigenvalue weighted by Crippen LogP contribution is -2.39. The molecule has 1 N–H and O–H groups in total. The van der Waals surface area contributed by atoms with Crippen LogP contribution in [0.2, 0.25) is 0 Å². The summed E-state index contributed by atoms with van der Waals surface area (Å²) >= 11 is 0. The van der Waals surface area contributed by atoms with Crippen molar-refractivity contribution in [2.75, 3.05) is 46.4 Å². The van der Waals surface area contributed by atoms with Crippen molar-refractivity contribution < 1.29 is 4.74 Å². The average molecular weight is 226 g/mol. The molecule has 3 nitrogen and oxygen atoms in total. The highest BCUT2D eigenvalue weighted by atomic mass is 16.5. The summed E-state index contributed by atoms with van der Waals surface area (Å²) in [7, 11) is 2.28. The molecule has 1 atom stereocenters. The fourth-order valence-corrected chi connectivity index (χ4v) is 2.96. The van der Waals surface area contributed by atoms with Crippen molar-refractivity contribution in [1.82, 2.24) is 10.2 Å². The van der Waals surface area contributed by atoms with Gasteiger partial charge in [0.15, 0.2) is 0 Å². The number of piperidine rings is 1. The van der Waals surface area contributed by atoms with Crippen LogP contribution in [-0.4, -0.2) is 51.3 Å². The summed E-state index contributed by atoms with van der Waals surface area (Å²) in [5.41, 5.74) is 0. The summed E-state index contributed by atoms with van der Waals surface area (Å²) in [6.45, 7) is 6.93. The first kappa shape index (κ1) is 12.3. The second-order valence-corrected chi connectivity index (χ2v) is 5.49. The molecule has 2 rings (SSSR count). The van der Waals surface area contributed by atoms with Crippen molar-refractivity contribution in [3.63, 3.8) is 0 Å². The van der Waals surface area contributed by atoms with Crippen LogP contribution in [0.15, 0.2) is 0 Å². The van der Waals surface area contributed by atoms with Crippen molar-refractivity contribution in [3.05, 3.63) is 0 Å². The van der Waals surface area contributed by atoms with Gasteiger partial charge in [-0.2, -0.15) is 0 Å². The van der Waals surface area contributed by atoms with Gasteiger partial charge >= 0.3 is 0 Å². The van der Waals surface area contributed by atoms with Gasteiger partial charge in [-0.1, -0.05) is 0 Å². The van der Waals surface area contributed by atoms with Gasteiger partial charge in [0, 0.05) is 26.3 Å². The van der Waals surface area contributed by atoms with Crippen LogP contribution in [0.25, 0.3) is 0 Å². The first-order valence-electron chi connectivity index (χ1n) is 6.81. The van der Waals surface area contributed by atoms with E-state index in [-0.39, 0.29) is 0 Å². The summed E-state index contributed by atoms with van der Waals surface area (Å²) in [6.07, 6.45) is 5.28. The predicted octanol–water partition coefficient (Wildman–Crippen LogP) is 1.34. The molecule has 0 spiro atoms. The minimum atomic E-state index is 0.871. The second-order valence-electron chi connectivity index (χ2n) is 5.49. The van der Waals surface area contributed by atoms with Crippen LogP contribution in [0.1, 0.15) is 25.7 Å². The van der Waals surface area contributed by atoms with Crippen molar-refractivity contribution in [2.24, 2.45) is 11.8 Å². The fraction of sp³-hybridized carbons (Fsp3) is 1.00. The van der Waals surface area contributed by atoms with Crippen molar-refractivity contribution in [1.29, 1.82) is 0 Å². The minimum Gasteiger partial charge on any atom is -0.381 e. The summed E-state index contributed by atoms with van der Waals surface area (Å²) in [4.78, 5) is 2.54. The molecular formula is C13H26N2O. The van der Waals surface area contributed by atoms with Gasteiger partial charge in [0.25, 0.3) is 0 Å². The second kappa shape index (κ2) is 6.58. The Morgan fingerprint density at radius 2 is 1.88 bits per heavy atom. The Morgan fingerprint density at radius 3 is 2.56 bits per heavy atom. The number of rotatable bonds is 4. The largest absolute Gasteiger partial charge is 0.381 e. The average Bonchev–Trinajstić information content (AvgIpc) is 2.31. The first-order valence-corrected chi connectivity index (χ1v) is 6.81. The van der Waals surface area contributed by atoms with E-state index in [1.54, 1.807) is 0 Å². The zero-order valence-corrected chi connectivity index (χ0v) is 10.6. The van der Waals surface area contributed by atoms with Crippen LogP contribution in [0.5, 0.6) is 0 Å². The van der Waals surface area contributed by atoms with Crippen LogP contribution in [0, 0.1) is 11.8 Å². The molecule has 2 fully saturated rings. The van der Waals surface area contributed by atoms with Crippen LogP contribution in [0.4, 0.5) is 0 Å². The third-order valence-corrected chi connectivity index (χ3v) is 3.88. The molecule has 0 saturated carbocycles. The maximum absolute atomic E-state index is 5.40. The molecule has 0 aromatic rings.